The Balaban J connectivity index is 1.38. The molecule has 0 aliphatic carbocycles. The van der Waals surface area contributed by atoms with Crippen molar-refractivity contribution < 1.29 is 8.76 Å². The number of aromatic nitrogens is 3. The van der Waals surface area contributed by atoms with Crippen molar-refractivity contribution in [1.29, 1.82) is 0 Å². The first-order chi connectivity index (χ1) is 17.0. The summed E-state index contributed by atoms with van der Waals surface area (Å²) in [6.07, 6.45) is 4.18. The van der Waals surface area contributed by atoms with Gasteiger partial charge in [-0.3, -0.25) is 4.21 Å². The number of hydrogen-bond donors (Lipinski definition) is 1. The predicted octanol–water partition coefficient (Wildman–Crippen LogP) is 4.18. The lowest BCUT2D eigenvalue weighted by Gasteiger charge is -2.29. The molecule has 35 heavy (non-hydrogen) atoms. The van der Waals surface area contributed by atoms with Crippen molar-refractivity contribution in [2.24, 2.45) is 0 Å². The van der Waals surface area contributed by atoms with E-state index in [4.69, 9.17) is 5.10 Å². The molecule has 0 radical (unpaired) electrons. The molecule has 182 valence electrons. The lowest BCUT2D eigenvalue weighted by atomic mass is 9.89. The van der Waals surface area contributed by atoms with E-state index in [1.165, 1.54) is 22.7 Å². The molecule has 1 aliphatic heterocycles. The maximum absolute atomic E-state index is 11.3. The number of nitrogens with one attached hydrogen (secondary N) is 1. The van der Waals surface area contributed by atoms with Crippen LogP contribution < -0.4 is 5.32 Å². The van der Waals surface area contributed by atoms with E-state index in [0.717, 1.165) is 41.1 Å². The molecule has 9 heteroatoms. The molecule has 0 saturated carbocycles. The van der Waals surface area contributed by atoms with Crippen LogP contribution in [0.15, 0.2) is 66.9 Å². The number of hydrogen-bond acceptors (Lipinski definition) is 6. The summed E-state index contributed by atoms with van der Waals surface area (Å²) in [5.74, 6) is 1.12. The van der Waals surface area contributed by atoms with Gasteiger partial charge < -0.3 is 14.8 Å². The molecule has 1 fully saturated rings. The molecule has 1 saturated heterocycles. The average molecular weight is 490 g/mol. The minimum atomic E-state index is -2.29. The van der Waals surface area contributed by atoms with E-state index in [9.17, 15) is 8.76 Å². The van der Waals surface area contributed by atoms with Crippen molar-refractivity contribution in [2.75, 3.05) is 32.5 Å². The van der Waals surface area contributed by atoms with Crippen LogP contribution >= 0.6 is 0 Å². The van der Waals surface area contributed by atoms with Crippen molar-refractivity contribution in [1.82, 2.24) is 23.8 Å². The summed E-state index contributed by atoms with van der Waals surface area (Å²) in [4.78, 5) is 6.87. The van der Waals surface area contributed by atoms with E-state index < -0.39 is 11.3 Å². The smallest absolute Gasteiger partial charge is 0.245 e. The van der Waals surface area contributed by atoms with Gasteiger partial charge in [0.1, 0.15) is 0 Å². The summed E-state index contributed by atoms with van der Waals surface area (Å²) in [6.45, 7) is 2.57. The van der Waals surface area contributed by atoms with Crippen LogP contribution in [0.5, 0.6) is 0 Å². The molecular formula is C26H29N6O2S-. The zero-order valence-corrected chi connectivity index (χ0v) is 20.7. The Morgan fingerprint density at radius 2 is 1.83 bits per heavy atom. The molecule has 2 aromatic heterocycles. The van der Waals surface area contributed by atoms with Crippen molar-refractivity contribution in [3.63, 3.8) is 0 Å². The van der Waals surface area contributed by atoms with Crippen molar-refractivity contribution >= 4 is 28.4 Å². The molecule has 5 rings (SSSR count). The second kappa shape index (κ2) is 10.2. The first-order valence-electron chi connectivity index (χ1n) is 11.8. The third kappa shape index (κ3) is 5.28. The second-order valence-electron chi connectivity index (χ2n) is 9.12. The number of benzene rings is 2. The van der Waals surface area contributed by atoms with Gasteiger partial charge in [0.15, 0.2) is 0 Å². The molecule has 2 aromatic carbocycles. The fourth-order valence-corrected chi connectivity index (χ4v) is 4.92. The number of likely N-dealkylation sites (tertiary alicyclic amines) is 1. The Kier molecular flexibility index (Phi) is 6.92. The van der Waals surface area contributed by atoms with Gasteiger partial charge in [-0.2, -0.15) is 0 Å². The highest BCUT2D eigenvalue weighted by Gasteiger charge is 2.18. The molecule has 8 nitrogen and oxygen atoms in total. The number of piperidine rings is 1. The van der Waals surface area contributed by atoms with Crippen molar-refractivity contribution in [2.45, 2.75) is 25.3 Å². The van der Waals surface area contributed by atoms with Gasteiger partial charge in [-0.05, 0) is 81.3 Å². The summed E-state index contributed by atoms with van der Waals surface area (Å²) in [6, 6.07) is 20.3. The second-order valence-corrected chi connectivity index (χ2v) is 10.2. The van der Waals surface area contributed by atoms with E-state index >= 15 is 0 Å². The van der Waals surface area contributed by atoms with Crippen LogP contribution in [0.1, 0.15) is 29.9 Å². The lowest BCUT2D eigenvalue weighted by molar-refractivity contribution is 0.255. The maximum Gasteiger partial charge on any atom is 0.245 e. The summed E-state index contributed by atoms with van der Waals surface area (Å²) < 4.78 is 25.8. The first kappa shape index (κ1) is 23.6. The van der Waals surface area contributed by atoms with Gasteiger partial charge >= 0.3 is 0 Å². The highest BCUT2D eigenvalue weighted by atomic mass is 32.2. The number of fused-ring (bicyclic) bond motifs is 1. The molecule has 0 spiro atoms. The largest absolute Gasteiger partial charge is 0.760 e. The third-order valence-corrected chi connectivity index (χ3v) is 7.33. The number of rotatable bonds is 7. The molecule has 1 N–H and O–H groups in total. The van der Waals surface area contributed by atoms with Crippen LogP contribution in [0.25, 0.3) is 16.8 Å². The highest BCUT2D eigenvalue weighted by Crippen LogP contribution is 2.29. The zero-order valence-electron chi connectivity index (χ0n) is 19.9. The fourth-order valence-electron chi connectivity index (χ4n) is 4.67. The molecule has 1 atom stereocenters. The van der Waals surface area contributed by atoms with Gasteiger partial charge in [-0.25, -0.2) is 13.8 Å². The maximum atomic E-state index is 11.3. The van der Waals surface area contributed by atoms with E-state index in [1.54, 1.807) is 13.2 Å². The van der Waals surface area contributed by atoms with Gasteiger partial charge in [0.25, 0.3) is 0 Å². The van der Waals surface area contributed by atoms with Gasteiger partial charge in [0.05, 0.1) is 17.4 Å². The Labute approximate surface area is 208 Å². The molecular weight excluding hydrogens is 460 g/mol. The van der Waals surface area contributed by atoms with Crippen LogP contribution in [0.2, 0.25) is 0 Å². The van der Waals surface area contributed by atoms with Crippen molar-refractivity contribution in [3.8, 4) is 11.3 Å². The summed E-state index contributed by atoms with van der Waals surface area (Å²) >= 11 is -2.29. The SMILES string of the molecule is CN1CCC(c2ccc(Nc3ncc4ccc(-c5ccccc5CN(C)S(=O)[O-])n4n3)cc2)CC1. The van der Waals surface area contributed by atoms with Gasteiger partial charge in [-0.1, -0.05) is 36.4 Å². The van der Waals surface area contributed by atoms with E-state index in [1.807, 2.05) is 40.9 Å². The van der Waals surface area contributed by atoms with Crippen LogP contribution in [0.4, 0.5) is 11.6 Å². The van der Waals surface area contributed by atoms with Crippen LogP contribution in [-0.2, 0) is 17.8 Å². The van der Waals surface area contributed by atoms with Gasteiger partial charge in [-0.15, -0.1) is 5.10 Å². The Morgan fingerprint density at radius 3 is 2.57 bits per heavy atom. The highest BCUT2D eigenvalue weighted by molar-refractivity contribution is 7.76. The minimum absolute atomic E-state index is 0.277. The van der Waals surface area contributed by atoms with E-state index in [0.29, 0.717) is 11.9 Å². The predicted molar refractivity (Wildman–Crippen MR) is 138 cm³/mol. The molecule has 0 amide bonds. The Hall–Kier alpha value is -3.11. The van der Waals surface area contributed by atoms with E-state index in [-0.39, 0.29) is 6.54 Å². The quantitative estimate of drug-likeness (QED) is 0.392. The van der Waals surface area contributed by atoms with E-state index in [2.05, 4.69) is 46.5 Å². The summed E-state index contributed by atoms with van der Waals surface area (Å²) in [7, 11) is 3.74. The molecule has 3 heterocycles. The topological polar surface area (TPSA) is 88.8 Å². The number of nitrogens with zero attached hydrogens (tertiary/aromatic N) is 5. The minimum Gasteiger partial charge on any atom is -0.760 e. The fraction of sp³-hybridized carbons (Fsp3) is 0.308. The van der Waals surface area contributed by atoms with Crippen LogP contribution in [0.3, 0.4) is 0 Å². The van der Waals surface area contributed by atoms with Crippen LogP contribution in [0, 0.1) is 0 Å². The molecule has 1 unspecified atom stereocenters. The van der Waals surface area contributed by atoms with Crippen LogP contribution in [-0.4, -0.2) is 59.7 Å². The molecule has 1 aliphatic rings. The Morgan fingerprint density at radius 1 is 1.09 bits per heavy atom. The normalized spacial score (nSPS) is 16.1. The third-order valence-electron chi connectivity index (χ3n) is 6.70. The summed E-state index contributed by atoms with van der Waals surface area (Å²) in [5, 5.41) is 8.06. The Bertz CT molecular complexity index is 1330. The standard InChI is InChI=1S/C26H30N6O2S/c1-30-15-13-20(14-16-30)19-7-9-22(10-8-19)28-26-27-17-23-11-12-25(32(23)29-26)24-6-4-3-5-21(24)18-31(2)35(33)34/h3-12,17,20H,13-16,18H2,1-2H3,(H,28,29)(H,33,34)/p-1. The lowest BCUT2D eigenvalue weighted by Crippen LogP contribution is -2.29. The zero-order chi connectivity index (χ0) is 24.4. The van der Waals surface area contributed by atoms with Crippen molar-refractivity contribution in [3.05, 3.63) is 78.0 Å². The van der Waals surface area contributed by atoms with Gasteiger partial charge in [0.2, 0.25) is 5.95 Å². The number of anilines is 2. The summed E-state index contributed by atoms with van der Waals surface area (Å²) in [5.41, 5.74) is 5.89. The van der Waals surface area contributed by atoms with Gasteiger partial charge in [0, 0.05) is 29.1 Å². The average Bonchev–Trinajstić information content (AvgIpc) is 3.28. The molecule has 0 bridgehead atoms. The monoisotopic (exact) mass is 489 g/mol. The molecule has 4 aromatic rings. The first-order valence-corrected chi connectivity index (χ1v) is 12.8.